The second kappa shape index (κ2) is 8.84. The molecule has 1 N–H and O–H groups in total. The van der Waals surface area contributed by atoms with Crippen LogP contribution in [0.4, 0.5) is 0 Å². The Morgan fingerprint density at radius 2 is 2.24 bits per heavy atom. The van der Waals surface area contributed by atoms with Crippen LogP contribution in [-0.2, 0) is 11.3 Å². The van der Waals surface area contributed by atoms with Crippen LogP contribution in [0.2, 0.25) is 0 Å². The van der Waals surface area contributed by atoms with Gasteiger partial charge in [-0.3, -0.25) is 4.98 Å². The van der Waals surface area contributed by atoms with E-state index in [2.05, 4.69) is 32.6 Å². The minimum absolute atomic E-state index is 0.774. The van der Waals surface area contributed by atoms with Crippen molar-refractivity contribution in [1.29, 1.82) is 0 Å². The van der Waals surface area contributed by atoms with E-state index < -0.39 is 0 Å². The van der Waals surface area contributed by atoms with Crippen molar-refractivity contribution in [2.24, 2.45) is 0 Å². The molecule has 0 atom stereocenters. The fourth-order valence-electron chi connectivity index (χ4n) is 1.84. The number of rotatable bonds is 9. The Morgan fingerprint density at radius 3 is 3.00 bits per heavy atom. The number of hydrogen-bond acceptors (Lipinski definition) is 6. The quantitative estimate of drug-likeness (QED) is 0.717. The predicted octanol–water partition coefficient (Wildman–Crippen LogP) is 1.87. The van der Waals surface area contributed by atoms with Gasteiger partial charge in [0.2, 0.25) is 0 Å². The predicted molar refractivity (Wildman–Crippen MR) is 86.4 cm³/mol. The summed E-state index contributed by atoms with van der Waals surface area (Å²) in [5, 5.41) is 6.48. The highest BCUT2D eigenvalue weighted by atomic mass is 32.1. The van der Waals surface area contributed by atoms with E-state index in [4.69, 9.17) is 4.74 Å². The van der Waals surface area contributed by atoms with E-state index in [-0.39, 0.29) is 0 Å². The second-order valence-corrected chi connectivity index (χ2v) is 5.69. The van der Waals surface area contributed by atoms with Crippen molar-refractivity contribution in [1.82, 2.24) is 20.2 Å². The van der Waals surface area contributed by atoms with Crippen molar-refractivity contribution >= 4 is 11.3 Å². The molecule has 0 aliphatic heterocycles. The first-order valence-electron chi connectivity index (χ1n) is 7.03. The Labute approximate surface area is 130 Å². The van der Waals surface area contributed by atoms with Crippen molar-refractivity contribution in [3.63, 3.8) is 0 Å². The fourth-order valence-corrected chi connectivity index (χ4v) is 2.64. The average Bonchev–Trinajstić information content (AvgIpc) is 2.99. The number of thiazole rings is 1. The summed E-state index contributed by atoms with van der Waals surface area (Å²) in [6.45, 7) is 4.47. The molecule has 0 aromatic carbocycles. The van der Waals surface area contributed by atoms with E-state index in [9.17, 15) is 0 Å². The molecular weight excluding hydrogens is 284 g/mol. The van der Waals surface area contributed by atoms with Crippen molar-refractivity contribution in [2.45, 2.75) is 6.54 Å². The van der Waals surface area contributed by atoms with E-state index in [1.54, 1.807) is 24.6 Å². The molecule has 2 heterocycles. The molecule has 0 bridgehead atoms. The van der Waals surface area contributed by atoms with Gasteiger partial charge in [0.25, 0.3) is 0 Å². The summed E-state index contributed by atoms with van der Waals surface area (Å²) in [7, 11) is 3.83. The molecule has 2 aromatic heterocycles. The average molecular weight is 306 g/mol. The first-order chi connectivity index (χ1) is 10.3. The van der Waals surface area contributed by atoms with Crippen molar-refractivity contribution in [3.05, 3.63) is 35.5 Å². The lowest BCUT2D eigenvalue weighted by molar-refractivity contribution is 0.161. The Kier molecular flexibility index (Phi) is 6.75. The number of ether oxygens (including phenoxy) is 1. The zero-order valence-corrected chi connectivity index (χ0v) is 13.4. The molecule has 0 fully saturated rings. The summed E-state index contributed by atoms with van der Waals surface area (Å²) in [4.78, 5) is 11.2. The van der Waals surface area contributed by atoms with Crippen LogP contribution in [0.25, 0.3) is 10.7 Å². The van der Waals surface area contributed by atoms with Gasteiger partial charge in [-0.15, -0.1) is 11.3 Å². The van der Waals surface area contributed by atoms with Gasteiger partial charge in [-0.05, 0) is 19.2 Å². The minimum atomic E-state index is 0.774. The van der Waals surface area contributed by atoms with Crippen LogP contribution < -0.4 is 5.32 Å². The zero-order valence-electron chi connectivity index (χ0n) is 12.6. The molecular formula is C15H22N4OS. The molecule has 0 radical (unpaired) electrons. The normalized spacial score (nSPS) is 11.2. The van der Waals surface area contributed by atoms with E-state index in [0.29, 0.717) is 0 Å². The third kappa shape index (κ3) is 5.51. The van der Waals surface area contributed by atoms with Crippen molar-refractivity contribution in [2.75, 3.05) is 40.4 Å². The molecule has 0 saturated heterocycles. The van der Waals surface area contributed by atoms with Crippen LogP contribution in [0.15, 0.2) is 29.8 Å². The smallest absolute Gasteiger partial charge is 0.142 e. The molecule has 0 amide bonds. The fraction of sp³-hybridized carbons (Fsp3) is 0.467. The zero-order chi connectivity index (χ0) is 14.9. The molecule has 0 saturated carbocycles. The van der Waals surface area contributed by atoms with Crippen molar-refractivity contribution < 1.29 is 4.74 Å². The molecule has 21 heavy (non-hydrogen) atoms. The van der Waals surface area contributed by atoms with Gasteiger partial charge in [-0.25, -0.2) is 4.98 Å². The van der Waals surface area contributed by atoms with Gasteiger partial charge >= 0.3 is 0 Å². The number of nitrogens with one attached hydrogen (secondary N) is 1. The maximum absolute atomic E-state index is 5.06. The van der Waals surface area contributed by atoms with Gasteiger partial charge in [0.05, 0.1) is 18.0 Å². The molecule has 0 aliphatic carbocycles. The number of nitrogens with zero attached hydrogens (tertiary/aromatic N) is 3. The Hall–Kier alpha value is -1.34. The standard InChI is InChI=1S/C15H22N4OS/c1-19(9-10-20-2)8-7-16-11-13-12-21-15(18-13)14-5-3-4-6-17-14/h3-6,12,16H,7-11H2,1-2H3. The number of aromatic nitrogens is 2. The van der Waals surface area contributed by atoms with Gasteiger partial charge in [0, 0.05) is 44.9 Å². The van der Waals surface area contributed by atoms with Gasteiger partial charge in [0.1, 0.15) is 5.01 Å². The first-order valence-corrected chi connectivity index (χ1v) is 7.91. The van der Waals surface area contributed by atoms with E-state index >= 15 is 0 Å². The molecule has 6 heteroatoms. The number of methoxy groups -OCH3 is 1. The lowest BCUT2D eigenvalue weighted by Gasteiger charge is -2.15. The van der Waals surface area contributed by atoms with Crippen LogP contribution >= 0.6 is 11.3 Å². The van der Waals surface area contributed by atoms with Gasteiger partial charge < -0.3 is 15.0 Å². The highest BCUT2D eigenvalue weighted by Gasteiger charge is 2.05. The molecule has 0 spiro atoms. The minimum Gasteiger partial charge on any atom is -0.383 e. The molecule has 2 rings (SSSR count). The summed E-state index contributed by atoms with van der Waals surface area (Å²) in [6.07, 6.45) is 1.80. The maximum atomic E-state index is 5.06. The number of pyridine rings is 1. The van der Waals surface area contributed by atoms with Gasteiger partial charge in [0.15, 0.2) is 0 Å². The number of hydrogen-bond donors (Lipinski definition) is 1. The summed E-state index contributed by atoms with van der Waals surface area (Å²) < 4.78 is 5.06. The van der Waals surface area contributed by atoms with Gasteiger partial charge in [-0.1, -0.05) is 6.07 Å². The summed E-state index contributed by atoms with van der Waals surface area (Å²) in [5.41, 5.74) is 2.01. The Morgan fingerprint density at radius 1 is 1.33 bits per heavy atom. The molecule has 5 nitrogen and oxygen atoms in total. The largest absolute Gasteiger partial charge is 0.383 e. The van der Waals surface area contributed by atoms with E-state index in [1.807, 2.05) is 18.2 Å². The van der Waals surface area contributed by atoms with Gasteiger partial charge in [-0.2, -0.15) is 0 Å². The van der Waals surface area contributed by atoms with Crippen LogP contribution in [0.5, 0.6) is 0 Å². The lowest BCUT2D eigenvalue weighted by Crippen LogP contribution is -2.31. The van der Waals surface area contributed by atoms with E-state index in [0.717, 1.165) is 49.2 Å². The maximum Gasteiger partial charge on any atom is 0.142 e. The first kappa shape index (κ1) is 16.0. The highest BCUT2D eigenvalue weighted by Crippen LogP contribution is 2.20. The molecule has 0 aliphatic rings. The lowest BCUT2D eigenvalue weighted by atomic mass is 10.3. The van der Waals surface area contributed by atoms with Crippen LogP contribution in [0.3, 0.4) is 0 Å². The third-order valence-electron chi connectivity index (χ3n) is 3.09. The topological polar surface area (TPSA) is 50.3 Å². The second-order valence-electron chi connectivity index (χ2n) is 4.83. The highest BCUT2D eigenvalue weighted by molar-refractivity contribution is 7.13. The third-order valence-corrected chi connectivity index (χ3v) is 4.00. The summed E-state index contributed by atoms with van der Waals surface area (Å²) in [5.74, 6) is 0. The SMILES string of the molecule is COCCN(C)CCNCc1csc(-c2ccccn2)n1. The van der Waals surface area contributed by atoms with Crippen LogP contribution in [0.1, 0.15) is 5.69 Å². The molecule has 0 unspecified atom stereocenters. The van der Waals surface area contributed by atoms with Crippen LogP contribution in [0, 0.1) is 0 Å². The molecule has 114 valence electrons. The van der Waals surface area contributed by atoms with E-state index in [1.165, 1.54) is 0 Å². The number of likely N-dealkylation sites (N-methyl/N-ethyl adjacent to an activating group) is 1. The Balaban J connectivity index is 1.71. The monoisotopic (exact) mass is 306 g/mol. The molecule has 2 aromatic rings. The summed E-state index contributed by atoms with van der Waals surface area (Å²) in [6, 6.07) is 5.89. The van der Waals surface area contributed by atoms with Crippen LogP contribution in [-0.4, -0.2) is 55.3 Å². The van der Waals surface area contributed by atoms with Crippen molar-refractivity contribution in [3.8, 4) is 10.7 Å². The Bertz CT molecular complexity index is 517. The summed E-state index contributed by atoms with van der Waals surface area (Å²) >= 11 is 1.64.